The Morgan fingerprint density at radius 3 is 2.43 bits per heavy atom. The third-order valence-corrected chi connectivity index (χ3v) is 3.98. The minimum absolute atomic E-state index is 0.00444. The van der Waals surface area contributed by atoms with Crippen molar-refractivity contribution in [3.63, 3.8) is 0 Å². The van der Waals surface area contributed by atoms with Crippen molar-refractivity contribution in [2.75, 3.05) is 7.11 Å². The van der Waals surface area contributed by atoms with Crippen molar-refractivity contribution in [3.8, 4) is 5.75 Å². The van der Waals surface area contributed by atoms with E-state index >= 15 is 0 Å². The van der Waals surface area contributed by atoms with E-state index in [1.54, 1.807) is 24.3 Å². The van der Waals surface area contributed by atoms with Gasteiger partial charge in [-0.05, 0) is 23.8 Å². The van der Waals surface area contributed by atoms with E-state index in [1.165, 1.54) is 25.3 Å². The first kappa shape index (κ1) is 18.7. The van der Waals surface area contributed by atoms with Gasteiger partial charge in [0.05, 0.1) is 24.5 Å². The molecular weight excluding hydrogens is 368 g/mol. The summed E-state index contributed by atoms with van der Waals surface area (Å²) in [7, 11) is 1.52. The van der Waals surface area contributed by atoms with Gasteiger partial charge in [0.2, 0.25) is 5.78 Å². The van der Waals surface area contributed by atoms with Crippen LogP contribution in [0.4, 0.5) is 5.69 Å². The molecule has 1 heterocycles. The molecule has 3 rings (SSSR count). The number of carboxylic acid groups (broad SMARTS) is 1. The molecular formula is C18H13N4O6-. The molecule has 0 saturated heterocycles. The Balaban J connectivity index is 2.00. The highest BCUT2D eigenvalue weighted by atomic mass is 16.6. The second kappa shape index (κ2) is 7.66. The number of aromatic nitrogens is 3. The Bertz CT molecular complexity index is 1060. The number of nitro benzene ring substituents is 1. The smallest absolute Gasteiger partial charge is 0.280 e. The normalized spacial score (nSPS) is 10.5. The summed E-state index contributed by atoms with van der Waals surface area (Å²) in [5.74, 6) is -1.97. The van der Waals surface area contributed by atoms with Gasteiger partial charge in [0.25, 0.3) is 5.69 Å². The molecule has 0 N–H and O–H groups in total. The van der Waals surface area contributed by atoms with Gasteiger partial charge < -0.3 is 14.6 Å². The SMILES string of the molecule is COc1ccc(Cn2nnc(C(=O)c3ccccc3[N+](=O)[O-])c2C(=O)[O-])cc1. The number of nitrogens with zero attached hydrogens (tertiary/aromatic N) is 4. The van der Waals surface area contributed by atoms with Crippen molar-refractivity contribution < 1.29 is 24.4 Å². The second-order valence-corrected chi connectivity index (χ2v) is 5.68. The summed E-state index contributed by atoms with van der Waals surface area (Å²) in [5.41, 5.74) is -1.15. The van der Waals surface area contributed by atoms with Gasteiger partial charge in [-0.1, -0.05) is 29.5 Å². The van der Waals surface area contributed by atoms with Crippen LogP contribution in [0.15, 0.2) is 48.5 Å². The number of hydrogen-bond donors (Lipinski definition) is 0. The van der Waals surface area contributed by atoms with Crippen LogP contribution in [0.1, 0.15) is 32.1 Å². The van der Waals surface area contributed by atoms with Crippen molar-refractivity contribution in [2.24, 2.45) is 0 Å². The number of carbonyl (C=O) groups is 2. The van der Waals surface area contributed by atoms with Crippen molar-refractivity contribution >= 4 is 17.4 Å². The number of methoxy groups -OCH3 is 1. The predicted octanol–water partition coefficient (Wildman–Crippen LogP) is 0.838. The predicted molar refractivity (Wildman–Crippen MR) is 93.0 cm³/mol. The van der Waals surface area contributed by atoms with Crippen molar-refractivity contribution in [3.05, 3.63) is 81.2 Å². The fourth-order valence-electron chi connectivity index (χ4n) is 2.64. The summed E-state index contributed by atoms with van der Waals surface area (Å²) < 4.78 is 6.06. The lowest BCUT2D eigenvalue weighted by molar-refractivity contribution is -0.385. The average Bonchev–Trinajstić information content (AvgIpc) is 3.11. The Labute approximate surface area is 158 Å². The average molecular weight is 381 g/mol. The maximum Gasteiger partial charge on any atom is 0.280 e. The van der Waals surface area contributed by atoms with Gasteiger partial charge in [0, 0.05) is 6.07 Å². The molecule has 3 aromatic rings. The summed E-state index contributed by atoms with van der Waals surface area (Å²) >= 11 is 0. The number of benzene rings is 2. The van der Waals surface area contributed by atoms with Crippen LogP contribution in [0, 0.1) is 10.1 Å². The molecule has 0 bridgehead atoms. The third kappa shape index (κ3) is 3.56. The van der Waals surface area contributed by atoms with Crippen molar-refractivity contribution in [1.29, 1.82) is 0 Å². The number of carbonyl (C=O) groups excluding carboxylic acids is 2. The zero-order valence-corrected chi connectivity index (χ0v) is 14.6. The van der Waals surface area contributed by atoms with Crippen molar-refractivity contribution in [2.45, 2.75) is 6.54 Å². The fourth-order valence-corrected chi connectivity index (χ4v) is 2.64. The molecule has 142 valence electrons. The molecule has 0 atom stereocenters. The summed E-state index contributed by atoms with van der Waals surface area (Å²) in [6, 6.07) is 12.0. The Hall–Kier alpha value is -4.08. The van der Waals surface area contributed by atoms with E-state index in [9.17, 15) is 24.8 Å². The largest absolute Gasteiger partial charge is 0.543 e. The number of para-hydroxylation sites is 1. The van der Waals surface area contributed by atoms with Gasteiger partial charge in [-0.2, -0.15) is 0 Å². The van der Waals surface area contributed by atoms with Crippen molar-refractivity contribution in [1.82, 2.24) is 15.0 Å². The van der Waals surface area contributed by atoms with E-state index in [2.05, 4.69) is 10.3 Å². The Morgan fingerprint density at radius 2 is 1.82 bits per heavy atom. The van der Waals surface area contributed by atoms with Crippen LogP contribution in [0.3, 0.4) is 0 Å². The molecule has 0 unspecified atom stereocenters. The minimum atomic E-state index is -1.67. The van der Waals surface area contributed by atoms with Crippen LogP contribution >= 0.6 is 0 Å². The molecule has 10 heteroatoms. The minimum Gasteiger partial charge on any atom is -0.543 e. The summed E-state index contributed by atoms with van der Waals surface area (Å²) in [6.45, 7) is 0.00444. The molecule has 0 fully saturated rings. The molecule has 0 aliphatic carbocycles. The number of hydrogen-bond acceptors (Lipinski definition) is 8. The number of nitro groups is 1. The number of rotatable bonds is 7. The highest BCUT2D eigenvalue weighted by Gasteiger charge is 2.27. The Kier molecular flexibility index (Phi) is 5.12. The molecule has 0 radical (unpaired) electrons. The number of ketones is 1. The van der Waals surface area contributed by atoms with Gasteiger partial charge in [-0.25, -0.2) is 4.68 Å². The first-order chi connectivity index (χ1) is 13.4. The van der Waals surface area contributed by atoms with Gasteiger partial charge in [-0.3, -0.25) is 14.9 Å². The summed E-state index contributed by atoms with van der Waals surface area (Å²) in [4.78, 5) is 34.8. The Morgan fingerprint density at radius 1 is 1.14 bits per heavy atom. The third-order valence-electron chi connectivity index (χ3n) is 3.98. The summed E-state index contributed by atoms with van der Waals surface area (Å²) in [5, 5.41) is 30.1. The molecule has 1 aromatic heterocycles. The highest BCUT2D eigenvalue weighted by molar-refractivity contribution is 6.14. The first-order valence-corrected chi connectivity index (χ1v) is 7.98. The van der Waals surface area contributed by atoms with Crippen LogP contribution in [-0.4, -0.2) is 38.8 Å². The second-order valence-electron chi connectivity index (χ2n) is 5.68. The van der Waals surface area contributed by atoms with E-state index in [4.69, 9.17) is 4.74 Å². The van der Waals surface area contributed by atoms with E-state index in [0.29, 0.717) is 11.3 Å². The molecule has 0 amide bonds. The molecule has 0 spiro atoms. The lowest BCUT2D eigenvalue weighted by atomic mass is 10.0. The van der Waals surface area contributed by atoms with Gasteiger partial charge >= 0.3 is 0 Å². The monoisotopic (exact) mass is 381 g/mol. The van der Waals surface area contributed by atoms with E-state index in [-0.39, 0.29) is 12.1 Å². The molecule has 10 nitrogen and oxygen atoms in total. The molecule has 0 aliphatic heterocycles. The standard InChI is InChI=1S/C18H14N4O6/c1-28-12-8-6-11(7-9-12)10-21-16(18(24)25)15(19-20-21)17(23)13-4-2-3-5-14(13)22(26)27/h2-9H,10H2,1H3,(H,24,25)/p-1. The van der Waals surface area contributed by atoms with Crippen LogP contribution in [-0.2, 0) is 6.54 Å². The molecule has 0 aliphatic rings. The topological polar surface area (TPSA) is 140 Å². The zero-order chi connectivity index (χ0) is 20.3. The molecule has 2 aromatic carbocycles. The quantitative estimate of drug-likeness (QED) is 0.333. The van der Waals surface area contributed by atoms with Crippen LogP contribution in [0.25, 0.3) is 0 Å². The lowest BCUT2D eigenvalue weighted by Crippen LogP contribution is -2.28. The van der Waals surface area contributed by atoms with Gasteiger partial charge in [0.15, 0.2) is 5.69 Å². The van der Waals surface area contributed by atoms with Crippen LogP contribution < -0.4 is 9.84 Å². The first-order valence-electron chi connectivity index (χ1n) is 7.98. The number of aromatic carboxylic acids is 1. The zero-order valence-electron chi connectivity index (χ0n) is 14.6. The highest BCUT2D eigenvalue weighted by Crippen LogP contribution is 2.22. The van der Waals surface area contributed by atoms with Crippen LogP contribution in [0.2, 0.25) is 0 Å². The maximum atomic E-state index is 12.7. The van der Waals surface area contributed by atoms with Gasteiger partial charge in [-0.15, -0.1) is 5.10 Å². The lowest BCUT2D eigenvalue weighted by Gasteiger charge is -2.09. The van der Waals surface area contributed by atoms with E-state index in [1.807, 2.05) is 0 Å². The molecule has 0 saturated carbocycles. The maximum absolute atomic E-state index is 12.7. The van der Waals surface area contributed by atoms with E-state index in [0.717, 1.165) is 10.7 Å². The summed E-state index contributed by atoms with van der Waals surface area (Å²) in [6.07, 6.45) is 0. The molecule has 28 heavy (non-hydrogen) atoms. The van der Waals surface area contributed by atoms with E-state index < -0.39 is 33.8 Å². The van der Waals surface area contributed by atoms with Crippen LogP contribution in [0.5, 0.6) is 5.75 Å². The fraction of sp³-hybridized carbons (Fsp3) is 0.111. The number of ether oxygens (including phenoxy) is 1. The number of carboxylic acids is 1. The van der Waals surface area contributed by atoms with Gasteiger partial charge in [0.1, 0.15) is 17.0 Å².